The molecule has 1 aromatic rings. The molecule has 1 aliphatic rings. The molecule has 1 fully saturated rings. The maximum Gasteiger partial charge on any atom is 0.227 e. The Morgan fingerprint density at radius 2 is 1.89 bits per heavy atom. The lowest BCUT2D eigenvalue weighted by molar-refractivity contribution is -0.122. The van der Waals surface area contributed by atoms with Gasteiger partial charge in [-0.15, -0.1) is 0 Å². The Morgan fingerprint density at radius 3 is 2.53 bits per heavy atom. The van der Waals surface area contributed by atoms with Crippen LogP contribution in [0.15, 0.2) is 30.3 Å². The van der Waals surface area contributed by atoms with Gasteiger partial charge in [0.25, 0.3) is 0 Å². The predicted molar refractivity (Wildman–Crippen MR) is 77.9 cm³/mol. The van der Waals surface area contributed by atoms with E-state index in [2.05, 4.69) is 5.32 Å². The summed E-state index contributed by atoms with van der Waals surface area (Å²) in [5.74, 6) is -0.0463. The van der Waals surface area contributed by atoms with Gasteiger partial charge in [0.05, 0.1) is 5.92 Å². The van der Waals surface area contributed by atoms with Gasteiger partial charge in [0.15, 0.2) is 0 Å². The molecule has 1 saturated carbocycles. The number of hydrogen-bond donors (Lipinski definition) is 2. The van der Waals surface area contributed by atoms with Crippen LogP contribution in [0.4, 0.5) is 0 Å². The summed E-state index contributed by atoms with van der Waals surface area (Å²) in [5, 5.41) is 3.03. The van der Waals surface area contributed by atoms with E-state index in [1.807, 2.05) is 37.3 Å². The summed E-state index contributed by atoms with van der Waals surface area (Å²) in [7, 11) is 0. The minimum atomic E-state index is -0.190. The van der Waals surface area contributed by atoms with Gasteiger partial charge in [-0.3, -0.25) is 4.79 Å². The lowest BCUT2D eigenvalue weighted by atomic mass is 9.82. The zero-order valence-electron chi connectivity index (χ0n) is 11.7. The highest BCUT2D eigenvalue weighted by atomic mass is 16.1. The number of benzene rings is 1. The van der Waals surface area contributed by atoms with Crippen LogP contribution in [-0.2, 0) is 4.79 Å². The van der Waals surface area contributed by atoms with Crippen molar-refractivity contribution in [2.75, 3.05) is 6.54 Å². The van der Waals surface area contributed by atoms with Gasteiger partial charge >= 0.3 is 0 Å². The van der Waals surface area contributed by atoms with E-state index < -0.39 is 0 Å². The summed E-state index contributed by atoms with van der Waals surface area (Å²) < 4.78 is 0. The van der Waals surface area contributed by atoms with Gasteiger partial charge < -0.3 is 11.1 Å². The molecule has 19 heavy (non-hydrogen) atoms. The van der Waals surface area contributed by atoms with Gasteiger partial charge in [0.2, 0.25) is 5.91 Å². The van der Waals surface area contributed by atoms with Crippen molar-refractivity contribution in [2.24, 2.45) is 5.73 Å². The van der Waals surface area contributed by atoms with Crippen molar-refractivity contribution in [3.8, 4) is 0 Å². The van der Waals surface area contributed by atoms with Crippen LogP contribution in [0, 0.1) is 0 Å². The van der Waals surface area contributed by atoms with Crippen LogP contribution in [0.3, 0.4) is 0 Å². The number of nitrogens with one attached hydrogen (secondary N) is 1. The Morgan fingerprint density at radius 1 is 1.26 bits per heavy atom. The molecule has 2 rings (SSSR count). The fraction of sp³-hybridized carbons (Fsp3) is 0.562. The lowest BCUT2D eigenvalue weighted by Crippen LogP contribution is -2.51. The molecule has 3 heteroatoms. The molecule has 1 aliphatic carbocycles. The molecule has 0 saturated heterocycles. The zero-order chi connectivity index (χ0) is 13.7. The third kappa shape index (κ3) is 3.80. The molecule has 1 unspecified atom stereocenters. The van der Waals surface area contributed by atoms with E-state index in [4.69, 9.17) is 5.73 Å². The topological polar surface area (TPSA) is 55.1 Å². The first kappa shape index (κ1) is 14.1. The summed E-state index contributed by atoms with van der Waals surface area (Å²) in [6.45, 7) is 2.54. The van der Waals surface area contributed by atoms with Gasteiger partial charge in [-0.05, 0) is 25.3 Å². The molecule has 0 radical (unpaired) electrons. The molecular weight excluding hydrogens is 236 g/mol. The second-order valence-electron chi connectivity index (χ2n) is 5.77. The van der Waals surface area contributed by atoms with Gasteiger partial charge in [-0.25, -0.2) is 0 Å². The Labute approximate surface area is 115 Å². The monoisotopic (exact) mass is 260 g/mol. The summed E-state index contributed by atoms with van der Waals surface area (Å²) in [4.78, 5) is 12.2. The standard InChI is InChI=1S/C16H24N2O/c1-13(14-8-4-2-5-9-14)15(19)18-12-16(17)10-6-3-7-11-16/h2,4-5,8-9,13H,3,6-7,10-12,17H2,1H3,(H,18,19). The molecule has 0 bridgehead atoms. The van der Waals surface area contributed by atoms with Crippen LogP contribution in [0.1, 0.15) is 50.5 Å². The molecule has 1 amide bonds. The van der Waals surface area contributed by atoms with Crippen LogP contribution in [0.5, 0.6) is 0 Å². The van der Waals surface area contributed by atoms with Gasteiger partial charge in [-0.1, -0.05) is 49.6 Å². The van der Waals surface area contributed by atoms with Crippen LogP contribution in [-0.4, -0.2) is 18.0 Å². The Kier molecular flexibility index (Phi) is 4.59. The van der Waals surface area contributed by atoms with E-state index in [0.29, 0.717) is 6.54 Å². The quantitative estimate of drug-likeness (QED) is 0.874. The van der Waals surface area contributed by atoms with E-state index in [-0.39, 0.29) is 17.4 Å². The summed E-state index contributed by atoms with van der Waals surface area (Å²) in [6.07, 6.45) is 5.68. The molecule has 0 heterocycles. The second-order valence-corrected chi connectivity index (χ2v) is 5.77. The van der Waals surface area contributed by atoms with Gasteiger partial charge in [-0.2, -0.15) is 0 Å². The van der Waals surface area contributed by atoms with Crippen molar-refractivity contribution in [2.45, 2.75) is 50.5 Å². The second kappa shape index (κ2) is 6.20. The van der Waals surface area contributed by atoms with E-state index in [0.717, 1.165) is 18.4 Å². The molecule has 1 aromatic carbocycles. The molecule has 0 aromatic heterocycles. The van der Waals surface area contributed by atoms with E-state index >= 15 is 0 Å². The summed E-state index contributed by atoms with van der Waals surface area (Å²) in [5.41, 5.74) is 7.19. The van der Waals surface area contributed by atoms with Gasteiger partial charge in [0, 0.05) is 12.1 Å². The number of carbonyl (C=O) groups is 1. The number of amides is 1. The average molecular weight is 260 g/mol. The normalized spacial score (nSPS) is 19.7. The van der Waals surface area contributed by atoms with Crippen molar-refractivity contribution in [3.05, 3.63) is 35.9 Å². The minimum absolute atomic E-state index is 0.0709. The highest BCUT2D eigenvalue weighted by Gasteiger charge is 2.28. The molecule has 1 atom stereocenters. The molecule has 0 spiro atoms. The maximum atomic E-state index is 12.2. The number of nitrogens with two attached hydrogens (primary N) is 1. The van der Waals surface area contributed by atoms with E-state index in [1.165, 1.54) is 19.3 Å². The molecule has 3 nitrogen and oxygen atoms in total. The van der Waals surface area contributed by atoms with E-state index in [1.54, 1.807) is 0 Å². The Hall–Kier alpha value is -1.35. The SMILES string of the molecule is CC(C(=O)NCC1(N)CCCCC1)c1ccccc1. The highest BCUT2D eigenvalue weighted by molar-refractivity contribution is 5.83. The first-order chi connectivity index (χ1) is 9.11. The molecular formula is C16H24N2O. The first-order valence-corrected chi connectivity index (χ1v) is 7.22. The average Bonchev–Trinajstić information content (AvgIpc) is 2.46. The smallest absolute Gasteiger partial charge is 0.227 e. The van der Waals surface area contributed by atoms with Crippen LogP contribution in [0.2, 0.25) is 0 Å². The predicted octanol–water partition coefficient (Wildman–Crippen LogP) is 2.57. The van der Waals surface area contributed by atoms with Crippen LogP contribution in [0.25, 0.3) is 0 Å². The highest BCUT2D eigenvalue weighted by Crippen LogP contribution is 2.25. The molecule has 104 valence electrons. The fourth-order valence-electron chi connectivity index (χ4n) is 2.74. The third-order valence-electron chi connectivity index (χ3n) is 4.16. The van der Waals surface area contributed by atoms with Crippen molar-refractivity contribution < 1.29 is 4.79 Å². The molecule has 3 N–H and O–H groups in total. The van der Waals surface area contributed by atoms with Crippen molar-refractivity contribution >= 4 is 5.91 Å². The minimum Gasteiger partial charge on any atom is -0.354 e. The number of rotatable bonds is 4. The number of carbonyl (C=O) groups excluding carboxylic acids is 1. The van der Waals surface area contributed by atoms with Crippen molar-refractivity contribution in [1.82, 2.24) is 5.32 Å². The summed E-state index contributed by atoms with van der Waals surface area (Å²) in [6, 6.07) is 9.87. The third-order valence-corrected chi connectivity index (χ3v) is 4.16. The van der Waals surface area contributed by atoms with E-state index in [9.17, 15) is 4.79 Å². The van der Waals surface area contributed by atoms with Crippen LogP contribution >= 0.6 is 0 Å². The first-order valence-electron chi connectivity index (χ1n) is 7.22. The number of hydrogen-bond acceptors (Lipinski definition) is 2. The summed E-state index contributed by atoms with van der Waals surface area (Å²) >= 11 is 0. The Balaban J connectivity index is 1.87. The van der Waals surface area contributed by atoms with Crippen molar-refractivity contribution in [1.29, 1.82) is 0 Å². The molecule has 0 aliphatic heterocycles. The maximum absolute atomic E-state index is 12.2. The van der Waals surface area contributed by atoms with Crippen LogP contribution < -0.4 is 11.1 Å². The van der Waals surface area contributed by atoms with Crippen molar-refractivity contribution in [3.63, 3.8) is 0 Å². The van der Waals surface area contributed by atoms with Gasteiger partial charge in [0.1, 0.15) is 0 Å². The lowest BCUT2D eigenvalue weighted by Gasteiger charge is -2.33. The Bertz CT molecular complexity index is 410. The fourth-order valence-corrected chi connectivity index (χ4v) is 2.74. The zero-order valence-corrected chi connectivity index (χ0v) is 11.7. The largest absolute Gasteiger partial charge is 0.354 e.